The summed E-state index contributed by atoms with van der Waals surface area (Å²) in [5, 5.41) is 0.639. The molecule has 7 heteroatoms. The largest absolute Gasteiger partial charge is 0.383 e. The van der Waals surface area contributed by atoms with Crippen LogP contribution in [0.4, 0.5) is 5.82 Å². The molecule has 0 spiro atoms. The number of aromatic nitrogens is 2. The van der Waals surface area contributed by atoms with Gasteiger partial charge in [0.25, 0.3) is 0 Å². The Morgan fingerprint density at radius 3 is 2.64 bits per heavy atom. The van der Waals surface area contributed by atoms with Crippen molar-refractivity contribution < 1.29 is 0 Å². The average Bonchev–Trinajstić information content (AvgIpc) is 2.57. The van der Waals surface area contributed by atoms with E-state index in [1.54, 1.807) is 18.3 Å². The number of anilines is 1. The van der Waals surface area contributed by atoms with Crippen molar-refractivity contribution in [2.45, 2.75) is 44.3 Å². The van der Waals surface area contributed by atoms with Gasteiger partial charge in [-0.3, -0.25) is 9.47 Å². The van der Waals surface area contributed by atoms with Crippen LogP contribution in [0.2, 0.25) is 5.02 Å². The van der Waals surface area contributed by atoms with Crippen LogP contribution in [0.5, 0.6) is 0 Å². The highest BCUT2D eigenvalue weighted by atomic mass is 35.5. The van der Waals surface area contributed by atoms with E-state index in [0.29, 0.717) is 22.8 Å². The summed E-state index contributed by atoms with van der Waals surface area (Å²) in [5.74, 6) is 0.206. The fourth-order valence-corrected chi connectivity index (χ4v) is 3.60. The maximum Gasteiger partial charge on any atom is 0.354 e. The van der Waals surface area contributed by atoms with Crippen molar-refractivity contribution in [3.8, 4) is 5.69 Å². The molecule has 0 unspecified atom stereocenters. The molecule has 1 aromatic heterocycles. The van der Waals surface area contributed by atoms with E-state index in [9.17, 15) is 4.79 Å². The van der Waals surface area contributed by atoms with E-state index < -0.39 is 5.69 Å². The molecule has 0 saturated heterocycles. The summed E-state index contributed by atoms with van der Waals surface area (Å²) in [6.07, 6.45) is 6.01. The van der Waals surface area contributed by atoms with Crippen molar-refractivity contribution in [3.05, 3.63) is 51.5 Å². The molecule has 25 heavy (non-hydrogen) atoms. The molecule has 0 radical (unpaired) electrons. The third kappa shape index (κ3) is 4.21. The van der Waals surface area contributed by atoms with E-state index in [4.69, 9.17) is 23.1 Å². The van der Waals surface area contributed by atoms with Crippen LogP contribution in [0, 0.1) is 0 Å². The number of hydrogen-bond donors (Lipinski definition) is 2. The molecular formula is C18H24ClN5O. The standard InChI is InChI=1S/C18H24ClN5O/c1-23(14-6-3-13(20)4-7-14)11-12-2-5-15(10-16(12)19)24-9-8-17(21)22-18(24)25/h2,5,8-10,13-14H,3-4,6-7,11,20H2,1H3,(H2,21,22,25)/t13-,14-. The van der Waals surface area contributed by atoms with Gasteiger partial charge in [-0.1, -0.05) is 17.7 Å². The van der Waals surface area contributed by atoms with Gasteiger partial charge in [-0.25, -0.2) is 4.79 Å². The number of benzene rings is 1. The van der Waals surface area contributed by atoms with Gasteiger partial charge in [0, 0.05) is 29.8 Å². The van der Waals surface area contributed by atoms with Crippen LogP contribution >= 0.6 is 11.6 Å². The summed E-state index contributed by atoms with van der Waals surface area (Å²) in [5.41, 5.74) is 12.8. The minimum Gasteiger partial charge on any atom is -0.383 e. The highest BCUT2D eigenvalue weighted by molar-refractivity contribution is 6.31. The maximum atomic E-state index is 12.0. The maximum absolute atomic E-state index is 12.0. The third-order valence-corrected chi connectivity index (χ3v) is 5.28. The smallest absolute Gasteiger partial charge is 0.354 e. The molecule has 4 N–H and O–H groups in total. The van der Waals surface area contributed by atoms with Gasteiger partial charge < -0.3 is 11.5 Å². The first-order chi connectivity index (χ1) is 11.9. The van der Waals surface area contributed by atoms with Crippen LogP contribution < -0.4 is 17.2 Å². The summed E-state index contributed by atoms with van der Waals surface area (Å²) < 4.78 is 1.43. The topological polar surface area (TPSA) is 90.2 Å². The lowest BCUT2D eigenvalue weighted by Crippen LogP contribution is -2.38. The zero-order valence-corrected chi connectivity index (χ0v) is 15.1. The Hall–Kier alpha value is -1.89. The average molecular weight is 362 g/mol. The van der Waals surface area contributed by atoms with Crippen LogP contribution in [-0.4, -0.2) is 33.6 Å². The quantitative estimate of drug-likeness (QED) is 0.871. The molecule has 0 amide bonds. The lowest BCUT2D eigenvalue weighted by molar-refractivity contribution is 0.176. The zero-order valence-electron chi connectivity index (χ0n) is 14.4. The minimum atomic E-state index is -0.417. The van der Waals surface area contributed by atoms with Gasteiger partial charge in [-0.05, 0) is 56.5 Å². The van der Waals surface area contributed by atoms with Crippen LogP contribution in [0.3, 0.4) is 0 Å². The molecule has 1 heterocycles. The Balaban J connectivity index is 1.75. The Labute approximate surface area is 152 Å². The highest BCUT2D eigenvalue weighted by Crippen LogP contribution is 2.25. The van der Waals surface area contributed by atoms with Gasteiger partial charge in [0.05, 0.1) is 5.69 Å². The summed E-state index contributed by atoms with van der Waals surface area (Å²) in [6, 6.07) is 8.11. The number of hydrogen-bond acceptors (Lipinski definition) is 5. The van der Waals surface area contributed by atoms with E-state index in [0.717, 1.165) is 37.8 Å². The van der Waals surface area contributed by atoms with E-state index in [2.05, 4.69) is 16.9 Å². The SMILES string of the molecule is CN(Cc1ccc(-n2ccc(N)nc2=O)cc1Cl)[C@H]1CC[C@H](N)CC1. The van der Waals surface area contributed by atoms with Crippen molar-refractivity contribution in [1.82, 2.24) is 14.5 Å². The Morgan fingerprint density at radius 1 is 1.28 bits per heavy atom. The van der Waals surface area contributed by atoms with Crippen LogP contribution in [0.1, 0.15) is 31.2 Å². The normalized spacial score (nSPS) is 20.8. The second-order valence-electron chi connectivity index (χ2n) is 6.76. The summed E-state index contributed by atoms with van der Waals surface area (Å²) in [6.45, 7) is 0.772. The van der Waals surface area contributed by atoms with Crippen LogP contribution in [0.25, 0.3) is 5.69 Å². The second kappa shape index (κ2) is 7.56. The molecule has 1 fully saturated rings. The third-order valence-electron chi connectivity index (χ3n) is 4.92. The molecule has 0 atom stereocenters. The van der Waals surface area contributed by atoms with Gasteiger partial charge in [0.1, 0.15) is 5.82 Å². The highest BCUT2D eigenvalue weighted by Gasteiger charge is 2.22. The molecule has 2 aromatic rings. The molecule has 1 aliphatic rings. The molecule has 0 bridgehead atoms. The van der Waals surface area contributed by atoms with Crippen molar-refractivity contribution in [2.24, 2.45) is 5.73 Å². The number of nitrogen functional groups attached to an aromatic ring is 1. The minimum absolute atomic E-state index is 0.206. The molecule has 1 saturated carbocycles. The number of nitrogens with zero attached hydrogens (tertiary/aromatic N) is 3. The molecule has 134 valence electrons. The van der Waals surface area contributed by atoms with E-state index >= 15 is 0 Å². The number of halogens is 1. The lowest BCUT2D eigenvalue weighted by atomic mass is 9.91. The first-order valence-electron chi connectivity index (χ1n) is 8.54. The molecule has 1 aromatic carbocycles. The fraction of sp³-hybridized carbons (Fsp3) is 0.444. The predicted octanol–water partition coefficient (Wildman–Crippen LogP) is 2.17. The molecule has 6 nitrogen and oxygen atoms in total. The summed E-state index contributed by atoms with van der Waals surface area (Å²) >= 11 is 6.46. The molecule has 3 rings (SSSR count). The number of nitrogens with two attached hydrogens (primary N) is 2. The number of rotatable bonds is 4. The van der Waals surface area contributed by atoms with Crippen LogP contribution in [-0.2, 0) is 6.54 Å². The van der Waals surface area contributed by atoms with Crippen molar-refractivity contribution >= 4 is 17.4 Å². The molecular weight excluding hydrogens is 338 g/mol. The summed E-state index contributed by atoms with van der Waals surface area (Å²) in [4.78, 5) is 18.0. The van der Waals surface area contributed by atoms with Gasteiger partial charge >= 0.3 is 5.69 Å². The molecule has 0 aliphatic heterocycles. The van der Waals surface area contributed by atoms with E-state index in [-0.39, 0.29) is 5.82 Å². The summed E-state index contributed by atoms with van der Waals surface area (Å²) in [7, 11) is 2.13. The van der Waals surface area contributed by atoms with Gasteiger partial charge in [0.15, 0.2) is 0 Å². The Morgan fingerprint density at radius 2 is 2.00 bits per heavy atom. The van der Waals surface area contributed by atoms with E-state index in [1.165, 1.54) is 4.57 Å². The monoisotopic (exact) mass is 361 g/mol. The van der Waals surface area contributed by atoms with Gasteiger partial charge in [-0.15, -0.1) is 0 Å². The van der Waals surface area contributed by atoms with Crippen molar-refractivity contribution in [3.63, 3.8) is 0 Å². The van der Waals surface area contributed by atoms with Crippen molar-refractivity contribution in [2.75, 3.05) is 12.8 Å². The zero-order chi connectivity index (χ0) is 18.0. The van der Waals surface area contributed by atoms with E-state index in [1.807, 2.05) is 12.1 Å². The fourth-order valence-electron chi connectivity index (χ4n) is 3.37. The van der Waals surface area contributed by atoms with Crippen molar-refractivity contribution in [1.29, 1.82) is 0 Å². The van der Waals surface area contributed by atoms with Crippen LogP contribution in [0.15, 0.2) is 35.3 Å². The van der Waals surface area contributed by atoms with Gasteiger partial charge in [0.2, 0.25) is 0 Å². The lowest BCUT2D eigenvalue weighted by Gasteiger charge is -2.33. The Bertz CT molecular complexity index is 798. The predicted molar refractivity (Wildman–Crippen MR) is 101 cm³/mol. The second-order valence-corrected chi connectivity index (χ2v) is 7.17. The first-order valence-corrected chi connectivity index (χ1v) is 8.91. The Kier molecular flexibility index (Phi) is 5.42. The molecule has 1 aliphatic carbocycles. The van der Waals surface area contributed by atoms with Gasteiger partial charge in [-0.2, -0.15) is 4.98 Å². The first kappa shape index (κ1) is 17.9.